The number of hydrogen-bond acceptors (Lipinski definition) is 6. The third-order valence-electron chi connectivity index (χ3n) is 1.59. The topological polar surface area (TPSA) is 86.5 Å². The van der Waals surface area contributed by atoms with E-state index < -0.39 is 20.2 Å². The van der Waals surface area contributed by atoms with Gasteiger partial charge in [0.2, 0.25) is 15.2 Å². The minimum atomic E-state index is -1.74. The molecule has 0 heterocycles. The second-order valence-corrected chi connectivity index (χ2v) is 5.14. The lowest BCUT2D eigenvalue weighted by atomic mass is 10.2. The first-order valence-electron chi connectivity index (χ1n) is 3.98. The van der Waals surface area contributed by atoms with E-state index >= 15 is 0 Å². The molecule has 0 radical (unpaired) electrons. The van der Waals surface area contributed by atoms with Crippen molar-refractivity contribution in [2.75, 3.05) is 7.11 Å². The van der Waals surface area contributed by atoms with Gasteiger partial charge in [-0.25, -0.2) is 4.21 Å². The molecule has 0 saturated carbocycles. The van der Waals surface area contributed by atoms with Gasteiger partial charge in [0.15, 0.2) is 0 Å². The zero-order valence-electron chi connectivity index (χ0n) is 8.11. The van der Waals surface area contributed by atoms with E-state index in [-0.39, 0.29) is 11.3 Å². The number of hydrogen-bond donors (Lipinski definition) is 0. The van der Waals surface area contributed by atoms with Crippen molar-refractivity contribution in [1.29, 1.82) is 0 Å². The molecule has 0 aliphatic carbocycles. The SMILES string of the molecule is COS(=O)SC(=O)c1ccc([N+](=O)[O-])cc1. The van der Waals surface area contributed by atoms with Crippen molar-refractivity contribution in [2.24, 2.45) is 0 Å². The summed E-state index contributed by atoms with van der Waals surface area (Å²) in [6.07, 6.45) is 0. The van der Waals surface area contributed by atoms with Crippen LogP contribution in [0.2, 0.25) is 0 Å². The van der Waals surface area contributed by atoms with Gasteiger partial charge < -0.3 is 0 Å². The molecule has 1 aromatic rings. The lowest BCUT2D eigenvalue weighted by Gasteiger charge is -1.98. The first-order valence-corrected chi connectivity index (χ1v) is 6.38. The van der Waals surface area contributed by atoms with Crippen LogP contribution in [0, 0.1) is 10.1 Å². The fourth-order valence-corrected chi connectivity index (χ4v) is 2.15. The van der Waals surface area contributed by atoms with E-state index in [1.807, 2.05) is 0 Å². The first kappa shape index (κ1) is 12.8. The van der Waals surface area contributed by atoms with Gasteiger partial charge >= 0.3 is 0 Å². The molecular formula is C8H7NO5S2. The zero-order valence-corrected chi connectivity index (χ0v) is 9.75. The highest BCUT2D eigenvalue weighted by Crippen LogP contribution is 2.19. The molecule has 0 fully saturated rings. The van der Waals surface area contributed by atoms with Crippen LogP contribution in [0.4, 0.5) is 5.69 Å². The molecule has 0 aliphatic rings. The molecule has 1 rings (SSSR count). The highest BCUT2D eigenvalue weighted by atomic mass is 33.1. The second-order valence-electron chi connectivity index (χ2n) is 2.55. The quantitative estimate of drug-likeness (QED) is 0.465. The van der Waals surface area contributed by atoms with Crippen LogP contribution < -0.4 is 0 Å². The molecule has 0 N–H and O–H groups in total. The van der Waals surface area contributed by atoms with Crippen LogP contribution in [-0.4, -0.2) is 21.4 Å². The zero-order chi connectivity index (χ0) is 12.1. The Balaban J connectivity index is 2.78. The lowest BCUT2D eigenvalue weighted by Crippen LogP contribution is -1.97. The van der Waals surface area contributed by atoms with E-state index in [0.29, 0.717) is 10.8 Å². The van der Waals surface area contributed by atoms with E-state index in [2.05, 4.69) is 4.18 Å². The van der Waals surface area contributed by atoms with E-state index in [1.54, 1.807) is 0 Å². The number of carbonyl (C=O) groups is 1. The summed E-state index contributed by atoms with van der Waals surface area (Å²) in [6, 6.07) is 5.04. The van der Waals surface area contributed by atoms with Gasteiger partial charge in [0.1, 0.15) is 0 Å². The van der Waals surface area contributed by atoms with Gasteiger partial charge in [-0.05, 0) is 12.1 Å². The molecule has 8 heteroatoms. The number of carbonyl (C=O) groups excluding carboxylic acids is 1. The van der Waals surface area contributed by atoms with Gasteiger partial charge in [0.25, 0.3) is 5.69 Å². The fourth-order valence-electron chi connectivity index (χ4n) is 0.863. The molecule has 0 aromatic heterocycles. The predicted octanol–water partition coefficient (Wildman–Crippen LogP) is 1.69. The summed E-state index contributed by atoms with van der Waals surface area (Å²) < 4.78 is 15.3. The molecule has 0 bridgehead atoms. The van der Waals surface area contributed by atoms with Gasteiger partial charge in [-0.2, -0.15) is 0 Å². The molecular weight excluding hydrogens is 254 g/mol. The van der Waals surface area contributed by atoms with E-state index in [4.69, 9.17) is 0 Å². The van der Waals surface area contributed by atoms with Crippen LogP contribution in [0.3, 0.4) is 0 Å². The van der Waals surface area contributed by atoms with Crippen molar-refractivity contribution in [2.45, 2.75) is 0 Å². The molecule has 16 heavy (non-hydrogen) atoms. The minimum absolute atomic E-state index is 0.102. The Bertz CT molecular complexity index is 431. The van der Waals surface area contributed by atoms with E-state index in [1.165, 1.54) is 31.4 Å². The summed E-state index contributed by atoms with van der Waals surface area (Å²) in [5, 5.41) is 9.89. The largest absolute Gasteiger partial charge is 0.285 e. The molecule has 86 valence electrons. The van der Waals surface area contributed by atoms with Gasteiger partial charge in [0, 0.05) is 28.5 Å². The average Bonchev–Trinajstić information content (AvgIpc) is 2.28. The molecule has 1 unspecified atom stereocenters. The third-order valence-corrected chi connectivity index (χ3v) is 3.66. The maximum absolute atomic E-state index is 11.4. The van der Waals surface area contributed by atoms with Gasteiger partial charge in [-0.1, -0.05) is 0 Å². The molecule has 0 spiro atoms. The number of nitro groups is 1. The Kier molecular flexibility index (Phi) is 4.59. The maximum Gasteiger partial charge on any atom is 0.269 e. The van der Waals surface area contributed by atoms with Crippen molar-refractivity contribution < 1.29 is 18.1 Å². The summed E-state index contributed by atoms with van der Waals surface area (Å²) in [4.78, 5) is 21.2. The van der Waals surface area contributed by atoms with Crippen molar-refractivity contribution in [1.82, 2.24) is 0 Å². The number of benzene rings is 1. The van der Waals surface area contributed by atoms with Crippen molar-refractivity contribution in [3.05, 3.63) is 39.9 Å². The van der Waals surface area contributed by atoms with Crippen LogP contribution in [0.25, 0.3) is 0 Å². The summed E-state index contributed by atoms with van der Waals surface area (Å²) in [7, 11) is -0.0158. The second kappa shape index (κ2) is 5.73. The highest BCUT2D eigenvalue weighted by Gasteiger charge is 2.13. The molecule has 0 aliphatic heterocycles. The van der Waals surface area contributed by atoms with Crippen LogP contribution in [0.15, 0.2) is 24.3 Å². The third kappa shape index (κ3) is 3.40. The first-order chi connectivity index (χ1) is 7.54. The standard InChI is InChI=1S/C8H7NO5S2/c1-14-16(13)15-8(10)6-2-4-7(5-3-6)9(11)12/h2-5H,1H3. The summed E-state index contributed by atoms with van der Waals surface area (Å²) in [5.41, 5.74) is 0.135. The Morgan fingerprint density at radius 1 is 1.44 bits per heavy atom. The molecule has 6 nitrogen and oxygen atoms in total. The maximum atomic E-state index is 11.4. The van der Waals surface area contributed by atoms with Crippen molar-refractivity contribution in [3.63, 3.8) is 0 Å². The summed E-state index contributed by atoms with van der Waals surface area (Å²) in [5.74, 6) is 0. The monoisotopic (exact) mass is 261 g/mol. The Morgan fingerprint density at radius 2 is 2.00 bits per heavy atom. The normalized spacial score (nSPS) is 12.1. The molecule has 1 atom stereocenters. The molecule has 0 amide bonds. The predicted molar refractivity (Wildman–Crippen MR) is 60.2 cm³/mol. The number of nitro benzene ring substituents is 1. The Morgan fingerprint density at radius 3 is 2.44 bits per heavy atom. The number of nitrogens with zero attached hydrogens (tertiary/aromatic N) is 1. The van der Waals surface area contributed by atoms with Crippen LogP contribution in [-0.2, 0) is 14.3 Å². The van der Waals surface area contributed by atoms with Gasteiger partial charge in [-0.15, -0.1) is 0 Å². The van der Waals surface area contributed by atoms with Gasteiger partial charge in [-0.3, -0.25) is 19.1 Å². The van der Waals surface area contributed by atoms with E-state index in [0.717, 1.165) is 0 Å². The highest BCUT2D eigenvalue weighted by molar-refractivity contribution is 8.73. The summed E-state index contributed by atoms with van der Waals surface area (Å²) in [6.45, 7) is 0. The molecule has 0 saturated heterocycles. The fraction of sp³-hybridized carbons (Fsp3) is 0.125. The average molecular weight is 261 g/mol. The number of rotatable bonds is 4. The van der Waals surface area contributed by atoms with E-state index in [9.17, 15) is 19.1 Å². The lowest BCUT2D eigenvalue weighted by molar-refractivity contribution is -0.384. The van der Waals surface area contributed by atoms with Crippen LogP contribution >= 0.6 is 10.8 Å². The Hall–Kier alpha value is -1.25. The van der Waals surface area contributed by atoms with Gasteiger partial charge in [0.05, 0.1) is 12.0 Å². The minimum Gasteiger partial charge on any atom is -0.285 e. The molecule has 1 aromatic carbocycles. The van der Waals surface area contributed by atoms with Crippen molar-refractivity contribution >= 4 is 31.7 Å². The van der Waals surface area contributed by atoms with Crippen LogP contribution in [0.5, 0.6) is 0 Å². The van der Waals surface area contributed by atoms with Crippen LogP contribution in [0.1, 0.15) is 10.4 Å². The van der Waals surface area contributed by atoms with Crippen molar-refractivity contribution in [3.8, 4) is 0 Å². The smallest absolute Gasteiger partial charge is 0.269 e. The number of non-ortho nitro benzene ring substituents is 1. The summed E-state index contributed by atoms with van der Waals surface area (Å²) >= 11 is 0. The Labute approximate surface area is 97.2 Å².